The number of aliphatic hydroxyl groups is 6. The van der Waals surface area contributed by atoms with Crippen LogP contribution in [-0.2, 0) is 4.79 Å². The molecule has 0 aromatic carbocycles. The maximum atomic E-state index is 14.9. The smallest absolute Gasteiger partial charge is 0.190 e. The van der Waals surface area contributed by atoms with Crippen molar-refractivity contribution in [2.24, 2.45) is 73.8 Å². The van der Waals surface area contributed by atoms with E-state index in [1.165, 1.54) is 49.7 Å². The van der Waals surface area contributed by atoms with Crippen molar-refractivity contribution in [3.63, 3.8) is 0 Å². The molecule has 0 amide bonds. The van der Waals surface area contributed by atoms with E-state index < -0.39 is 58.7 Å². The molecule has 364 valence electrons. The summed E-state index contributed by atoms with van der Waals surface area (Å²) in [6.07, 6.45) is 15.8. The summed E-state index contributed by atoms with van der Waals surface area (Å²) in [6.45, 7) is 10.6. The van der Waals surface area contributed by atoms with Crippen molar-refractivity contribution in [1.82, 2.24) is 20.2 Å². The number of fused-ring (bicyclic) bond motifs is 9. The lowest BCUT2D eigenvalue weighted by molar-refractivity contribution is -0.192. The number of allylic oxidation sites excluding steroid dienone is 2. The Labute approximate surface area is 395 Å². The van der Waals surface area contributed by atoms with Gasteiger partial charge in [-0.15, -0.1) is 0 Å². The lowest BCUT2D eigenvalue weighted by Gasteiger charge is -2.64. The number of guanidine groups is 1. The minimum absolute atomic E-state index is 0.0630. The molecule has 1 aromatic rings. The quantitative estimate of drug-likeness (QED) is 0.0553. The Balaban J connectivity index is 1.26. The van der Waals surface area contributed by atoms with E-state index in [0.717, 1.165) is 25.0 Å². The molecule has 15 atom stereocenters. The summed E-state index contributed by atoms with van der Waals surface area (Å²) in [5, 5.41) is 78.4. The van der Waals surface area contributed by atoms with E-state index in [1.807, 2.05) is 30.2 Å². The third-order valence-corrected chi connectivity index (χ3v) is 21.2. The van der Waals surface area contributed by atoms with E-state index >= 15 is 0 Å². The van der Waals surface area contributed by atoms with Gasteiger partial charge in [-0.1, -0.05) is 73.3 Å². The Morgan fingerprint density at radius 2 is 1.77 bits per heavy atom. The SMILES string of the molecule is CNC[C@@H]1[C@@H](O)[C@@H](O)C[C@]2(C)[C@@H]3C(=CC(=O)[C@H]12)[C@]1(O)[C@H]2CSSC[C@@H](n4ccnc4)CC(C)(C)/C(=C4\CCCC5(CCCC5)C4)C[C@@H](O)[C@@H](C)[C@@H](C2)[C@@]1(CO)C[C@H]3CN=C(N)N[C@@H](C)O. The number of carbonyl (C=O) groups is 1. The van der Waals surface area contributed by atoms with Crippen molar-refractivity contribution < 1.29 is 35.4 Å². The number of aliphatic hydroxyl groups excluding tert-OH is 5. The third-order valence-electron chi connectivity index (χ3n) is 18.6. The molecule has 2 heterocycles. The summed E-state index contributed by atoms with van der Waals surface area (Å²) in [4.78, 5) is 24.2. The summed E-state index contributed by atoms with van der Waals surface area (Å²) in [5.41, 5.74) is 6.30. The fourth-order valence-electron chi connectivity index (χ4n) is 15.9. The number of nitrogens with one attached hydrogen (secondary N) is 2. The van der Waals surface area contributed by atoms with Gasteiger partial charge < -0.3 is 51.6 Å². The molecule has 5 saturated carbocycles. The average Bonchev–Trinajstić information content (AvgIpc) is 4.01. The molecule has 8 rings (SSSR count). The molecule has 65 heavy (non-hydrogen) atoms. The number of nitrogens with zero attached hydrogens (tertiary/aromatic N) is 3. The van der Waals surface area contributed by atoms with Crippen LogP contribution in [0.1, 0.15) is 124 Å². The standard InChI is InChI=1S/C50H80N6O7S2/c1-29-36-16-33(25-64-65-26-34(56-15-14-53-28-56)21-46(3,4)37(17-39(29)59)31-10-9-13-48(19-31)11-7-8-12-48)50(63)38-18-40(60)43-35(24-52-6)44(62)41(61)22-47(43,5)42(38)32(20-49(36,50)27-57)23-54-45(51)55-30(2)58/h14-15,18,28-30,32-36,39,41-44,52,57-59,61-63H,7-13,16-17,19-27H2,1-6H3,(H3,51,54,55)/b37-31+/t29-,30+,32-,33+,34-,35-,36+,39+,41-,42-,43-,44+,47+,49-,50+/m0/s1. The fraction of sp³-hybridized carbons (Fsp3) is 0.820. The largest absolute Gasteiger partial charge is 0.396 e. The van der Waals surface area contributed by atoms with E-state index in [0.29, 0.717) is 42.5 Å². The van der Waals surface area contributed by atoms with Crippen molar-refractivity contribution in [3.8, 4) is 0 Å². The van der Waals surface area contributed by atoms with Crippen molar-refractivity contribution in [3.05, 3.63) is 41.5 Å². The van der Waals surface area contributed by atoms with Crippen molar-refractivity contribution in [1.29, 1.82) is 0 Å². The highest BCUT2D eigenvalue weighted by atomic mass is 33.1. The summed E-state index contributed by atoms with van der Waals surface area (Å²) in [7, 11) is 5.33. The summed E-state index contributed by atoms with van der Waals surface area (Å²) in [6, 6.07) is 0.142. The molecule has 7 aliphatic rings. The molecule has 1 spiro atoms. The second-order valence-electron chi connectivity index (χ2n) is 22.8. The Bertz CT molecular complexity index is 1960. The number of aromatic nitrogens is 2. The van der Waals surface area contributed by atoms with E-state index in [4.69, 9.17) is 10.7 Å². The first-order valence-corrected chi connectivity index (χ1v) is 27.3. The van der Waals surface area contributed by atoms with Crippen LogP contribution in [-0.4, -0.2) is 120 Å². The van der Waals surface area contributed by atoms with Crippen LogP contribution >= 0.6 is 21.6 Å². The van der Waals surface area contributed by atoms with Gasteiger partial charge in [-0.3, -0.25) is 9.79 Å². The van der Waals surface area contributed by atoms with Gasteiger partial charge in [0.1, 0.15) is 6.23 Å². The van der Waals surface area contributed by atoms with Gasteiger partial charge >= 0.3 is 0 Å². The predicted octanol–water partition coefficient (Wildman–Crippen LogP) is 5.37. The molecule has 0 unspecified atom stereocenters. The molecular weight excluding hydrogens is 861 g/mol. The van der Waals surface area contributed by atoms with Crippen LogP contribution in [0, 0.1) is 63.1 Å². The third kappa shape index (κ3) is 8.73. The van der Waals surface area contributed by atoms with Crippen molar-refractivity contribution in [2.45, 2.75) is 154 Å². The van der Waals surface area contributed by atoms with Crippen molar-refractivity contribution >= 4 is 33.3 Å². The van der Waals surface area contributed by atoms with E-state index in [9.17, 15) is 35.4 Å². The zero-order valence-electron chi connectivity index (χ0n) is 39.8. The first kappa shape index (κ1) is 49.5. The number of hydrogen-bond acceptors (Lipinski definition) is 12. The van der Waals surface area contributed by atoms with Gasteiger partial charge in [0.2, 0.25) is 0 Å². The highest BCUT2D eigenvalue weighted by Crippen LogP contribution is 2.72. The molecule has 0 radical (unpaired) electrons. The molecule has 15 heteroatoms. The Morgan fingerprint density at radius 1 is 1.05 bits per heavy atom. The van der Waals surface area contributed by atoms with Crippen LogP contribution < -0.4 is 16.4 Å². The van der Waals surface area contributed by atoms with Crippen LogP contribution in [0.15, 0.2) is 46.5 Å². The molecule has 13 nitrogen and oxygen atoms in total. The fourth-order valence-corrected chi connectivity index (χ4v) is 18.6. The monoisotopic (exact) mass is 941 g/mol. The van der Waals surface area contributed by atoms with Crippen LogP contribution in [0.4, 0.5) is 0 Å². The van der Waals surface area contributed by atoms with Gasteiger partial charge in [0.25, 0.3) is 0 Å². The molecule has 6 fully saturated rings. The van der Waals surface area contributed by atoms with E-state index in [1.54, 1.807) is 30.8 Å². The molecular formula is C50H80N6O7S2. The maximum Gasteiger partial charge on any atom is 0.190 e. The average molecular weight is 941 g/mol. The van der Waals surface area contributed by atoms with Gasteiger partial charge in [-0.05, 0) is 136 Å². The lowest BCUT2D eigenvalue weighted by Crippen LogP contribution is -2.68. The predicted molar refractivity (Wildman–Crippen MR) is 258 cm³/mol. The first-order valence-electron chi connectivity index (χ1n) is 24.8. The molecule has 6 aliphatic carbocycles. The van der Waals surface area contributed by atoms with E-state index in [2.05, 4.69) is 47.2 Å². The molecule has 10 N–H and O–H groups in total. The van der Waals surface area contributed by atoms with Crippen LogP contribution in [0.5, 0.6) is 0 Å². The summed E-state index contributed by atoms with van der Waals surface area (Å²) in [5.74, 6) is -1.77. The minimum Gasteiger partial charge on any atom is -0.396 e. The highest BCUT2D eigenvalue weighted by molar-refractivity contribution is 8.76. The topological polar surface area (TPSA) is 219 Å². The van der Waals surface area contributed by atoms with Crippen LogP contribution in [0.3, 0.4) is 0 Å². The first-order chi connectivity index (χ1) is 30.8. The number of ketones is 1. The van der Waals surface area contributed by atoms with Gasteiger partial charge in [0.05, 0.1) is 36.8 Å². The van der Waals surface area contributed by atoms with Crippen LogP contribution in [0.25, 0.3) is 0 Å². The van der Waals surface area contributed by atoms with Gasteiger partial charge in [-0.2, -0.15) is 0 Å². The van der Waals surface area contributed by atoms with Crippen LogP contribution in [0.2, 0.25) is 0 Å². The number of rotatable bonds is 7. The van der Waals surface area contributed by atoms with Gasteiger partial charge in [0, 0.05) is 66.2 Å². The molecule has 1 aliphatic heterocycles. The number of nitrogens with two attached hydrogens (primary N) is 1. The summed E-state index contributed by atoms with van der Waals surface area (Å²) >= 11 is 0. The number of aliphatic imine (C=N–C) groups is 1. The molecule has 2 bridgehead atoms. The lowest BCUT2D eigenvalue weighted by atomic mass is 9.41. The normalized spacial score (nSPS) is 43.8. The van der Waals surface area contributed by atoms with Crippen molar-refractivity contribution in [2.75, 3.05) is 38.2 Å². The second kappa shape index (κ2) is 19.1. The molecule has 1 saturated heterocycles. The zero-order valence-corrected chi connectivity index (χ0v) is 41.4. The van der Waals surface area contributed by atoms with E-state index in [-0.39, 0.29) is 66.4 Å². The minimum atomic E-state index is -1.63. The molecule has 1 aromatic heterocycles. The number of hydrogen-bond donors (Lipinski definition) is 9. The highest BCUT2D eigenvalue weighted by Gasteiger charge is 2.74. The zero-order chi connectivity index (χ0) is 46.7. The summed E-state index contributed by atoms with van der Waals surface area (Å²) < 4.78 is 2.24. The second-order valence-corrected chi connectivity index (χ2v) is 25.4. The number of carbonyl (C=O) groups excluding carboxylic acids is 1. The Kier molecular flexibility index (Phi) is 14.5. The maximum absolute atomic E-state index is 14.9. The number of imidazole rings is 1. The Morgan fingerprint density at radius 3 is 2.45 bits per heavy atom. The van der Waals surface area contributed by atoms with Gasteiger partial charge in [0.15, 0.2) is 11.7 Å². The van der Waals surface area contributed by atoms with Gasteiger partial charge in [-0.25, -0.2) is 4.98 Å². The Hall–Kier alpha value is -1.95.